The van der Waals surface area contributed by atoms with E-state index in [0.29, 0.717) is 5.56 Å². The summed E-state index contributed by atoms with van der Waals surface area (Å²) >= 11 is 5.44. The summed E-state index contributed by atoms with van der Waals surface area (Å²) in [5.41, 5.74) is 0.525. The van der Waals surface area contributed by atoms with Gasteiger partial charge in [-0.05, 0) is 18.6 Å². The molecule has 0 aliphatic rings. The zero-order valence-electron chi connectivity index (χ0n) is 4.70. The molecule has 0 unspecified atom stereocenters. The van der Waals surface area contributed by atoms with Crippen LogP contribution in [-0.2, 0) is 0 Å². The Hall–Kier alpha value is -0.560. The van der Waals surface area contributed by atoms with Gasteiger partial charge in [-0.25, -0.2) is 4.39 Å². The molecule has 0 saturated heterocycles. The molecule has 0 N–H and O–H groups in total. The number of halogens is 2. The molecule has 47 valence electrons. The molecule has 1 aromatic carbocycles. The maximum atomic E-state index is 12.4. The smallest absolute Gasteiger partial charge is 0.142 e. The summed E-state index contributed by atoms with van der Waals surface area (Å²) < 4.78 is 12.4. The molecule has 0 amide bonds. The van der Waals surface area contributed by atoms with Crippen molar-refractivity contribution in [3.05, 3.63) is 41.5 Å². The van der Waals surface area contributed by atoms with Crippen molar-refractivity contribution in [3.8, 4) is 0 Å². The van der Waals surface area contributed by atoms with Crippen molar-refractivity contribution >= 4 is 11.6 Å². The zero-order chi connectivity index (χ0) is 6.85. The van der Waals surface area contributed by atoms with Crippen LogP contribution in [0.25, 0.3) is 0 Å². The molecule has 0 aromatic heterocycles. The minimum atomic E-state index is -0.413. The first-order chi connectivity index (χ1) is 4.22. The average Bonchev–Trinajstić information content (AvgIpc) is 1.83. The van der Waals surface area contributed by atoms with Gasteiger partial charge in [0.2, 0.25) is 0 Å². The van der Waals surface area contributed by atoms with E-state index in [1.165, 1.54) is 6.07 Å². The topological polar surface area (TPSA) is 0 Å². The van der Waals surface area contributed by atoms with Crippen LogP contribution in [0.5, 0.6) is 0 Å². The fourth-order valence-corrected chi connectivity index (χ4v) is 0.674. The second-order valence-corrected chi connectivity index (χ2v) is 2.09. The van der Waals surface area contributed by atoms with Gasteiger partial charge in [0.05, 0.1) is 5.02 Å². The SMILES string of the molecule is [CH2]c1cccc(F)c1Cl. The normalized spacial score (nSPS) is 9.67. The lowest BCUT2D eigenvalue weighted by molar-refractivity contribution is 0.627. The first-order valence-corrected chi connectivity index (χ1v) is 2.85. The fraction of sp³-hybridized carbons (Fsp3) is 0. The predicted molar refractivity (Wildman–Crippen MR) is 35.9 cm³/mol. The maximum Gasteiger partial charge on any atom is 0.142 e. The van der Waals surface area contributed by atoms with Crippen LogP contribution in [0.15, 0.2) is 18.2 Å². The lowest BCUT2D eigenvalue weighted by Gasteiger charge is -1.94. The van der Waals surface area contributed by atoms with Crippen LogP contribution in [0, 0.1) is 12.7 Å². The minimum Gasteiger partial charge on any atom is -0.205 e. The summed E-state index contributed by atoms with van der Waals surface area (Å²) in [7, 11) is 0. The Kier molecular flexibility index (Phi) is 1.72. The third-order valence-electron chi connectivity index (χ3n) is 1.03. The van der Waals surface area contributed by atoms with Crippen LogP contribution < -0.4 is 0 Å². The van der Waals surface area contributed by atoms with Crippen LogP contribution in [0.2, 0.25) is 5.02 Å². The Morgan fingerprint density at radius 2 is 2.11 bits per heavy atom. The minimum absolute atomic E-state index is 0.109. The lowest BCUT2D eigenvalue weighted by atomic mass is 10.2. The molecule has 0 spiro atoms. The summed E-state index contributed by atoms with van der Waals surface area (Å²) in [6, 6.07) is 4.53. The van der Waals surface area contributed by atoms with Crippen molar-refractivity contribution in [2.24, 2.45) is 0 Å². The number of hydrogen-bond acceptors (Lipinski definition) is 0. The summed E-state index contributed by atoms with van der Waals surface area (Å²) in [4.78, 5) is 0. The highest BCUT2D eigenvalue weighted by molar-refractivity contribution is 6.31. The van der Waals surface area contributed by atoms with E-state index >= 15 is 0 Å². The Balaban J connectivity index is 3.25. The second-order valence-electron chi connectivity index (χ2n) is 1.71. The van der Waals surface area contributed by atoms with E-state index in [-0.39, 0.29) is 5.02 Å². The molecule has 0 heterocycles. The highest BCUT2D eigenvalue weighted by atomic mass is 35.5. The molecule has 1 rings (SSSR count). The standard InChI is InChI=1S/C7H5ClF/c1-5-3-2-4-6(9)7(5)8/h2-4H,1H2. The molecule has 9 heavy (non-hydrogen) atoms. The largest absolute Gasteiger partial charge is 0.205 e. The van der Waals surface area contributed by atoms with Crippen molar-refractivity contribution in [3.63, 3.8) is 0 Å². The molecule has 0 aliphatic carbocycles. The van der Waals surface area contributed by atoms with Gasteiger partial charge in [-0.2, -0.15) is 0 Å². The van der Waals surface area contributed by atoms with Crippen molar-refractivity contribution in [2.75, 3.05) is 0 Å². The first-order valence-electron chi connectivity index (χ1n) is 2.48. The fourth-order valence-electron chi connectivity index (χ4n) is 0.548. The maximum absolute atomic E-state index is 12.4. The Morgan fingerprint density at radius 3 is 2.56 bits per heavy atom. The molecule has 0 atom stereocenters. The molecule has 2 heteroatoms. The summed E-state index contributed by atoms with van der Waals surface area (Å²) in [6.45, 7) is 3.51. The monoisotopic (exact) mass is 143 g/mol. The van der Waals surface area contributed by atoms with Crippen LogP contribution in [0.3, 0.4) is 0 Å². The molecule has 0 nitrogen and oxygen atoms in total. The van der Waals surface area contributed by atoms with Gasteiger partial charge in [0.15, 0.2) is 0 Å². The van der Waals surface area contributed by atoms with Crippen molar-refractivity contribution < 1.29 is 4.39 Å². The molecule has 1 radical (unpaired) electrons. The molecule has 0 saturated carbocycles. The Morgan fingerprint density at radius 1 is 1.44 bits per heavy atom. The average molecular weight is 144 g/mol. The van der Waals surface area contributed by atoms with E-state index in [1.54, 1.807) is 12.1 Å². The van der Waals surface area contributed by atoms with Gasteiger partial charge < -0.3 is 0 Å². The quantitative estimate of drug-likeness (QED) is 0.524. The van der Waals surface area contributed by atoms with Gasteiger partial charge in [0.1, 0.15) is 5.82 Å². The van der Waals surface area contributed by atoms with Crippen LogP contribution >= 0.6 is 11.6 Å². The van der Waals surface area contributed by atoms with Crippen LogP contribution in [0.1, 0.15) is 5.56 Å². The number of hydrogen-bond donors (Lipinski definition) is 0. The predicted octanol–water partition coefficient (Wildman–Crippen LogP) is 2.66. The van der Waals surface area contributed by atoms with E-state index in [9.17, 15) is 4.39 Å². The van der Waals surface area contributed by atoms with Crippen molar-refractivity contribution in [2.45, 2.75) is 0 Å². The molecule has 0 bridgehead atoms. The number of rotatable bonds is 0. The van der Waals surface area contributed by atoms with Gasteiger partial charge in [-0.3, -0.25) is 0 Å². The third kappa shape index (κ3) is 1.22. The zero-order valence-corrected chi connectivity index (χ0v) is 5.45. The van der Waals surface area contributed by atoms with Crippen LogP contribution in [-0.4, -0.2) is 0 Å². The van der Waals surface area contributed by atoms with Crippen molar-refractivity contribution in [1.29, 1.82) is 0 Å². The molecular formula is C7H5ClF. The highest BCUT2D eigenvalue weighted by Gasteiger charge is 1.98. The van der Waals surface area contributed by atoms with Gasteiger partial charge in [0, 0.05) is 0 Å². The van der Waals surface area contributed by atoms with E-state index in [0.717, 1.165) is 0 Å². The third-order valence-corrected chi connectivity index (χ3v) is 1.45. The summed E-state index contributed by atoms with van der Waals surface area (Å²) in [5.74, 6) is -0.413. The van der Waals surface area contributed by atoms with Gasteiger partial charge in [0.25, 0.3) is 0 Å². The van der Waals surface area contributed by atoms with Gasteiger partial charge in [-0.15, -0.1) is 0 Å². The van der Waals surface area contributed by atoms with E-state index in [4.69, 9.17) is 11.6 Å². The lowest BCUT2D eigenvalue weighted by Crippen LogP contribution is -1.78. The van der Waals surface area contributed by atoms with Gasteiger partial charge in [-0.1, -0.05) is 23.7 Å². The molecule has 0 aliphatic heterocycles. The second kappa shape index (κ2) is 2.36. The van der Waals surface area contributed by atoms with Crippen LogP contribution in [0.4, 0.5) is 4.39 Å². The van der Waals surface area contributed by atoms with Crippen molar-refractivity contribution in [1.82, 2.24) is 0 Å². The molecule has 1 aromatic rings. The summed E-state index contributed by atoms with van der Waals surface area (Å²) in [5, 5.41) is 0.109. The molecular weight excluding hydrogens is 139 g/mol. The number of benzene rings is 1. The van der Waals surface area contributed by atoms with E-state index in [2.05, 4.69) is 6.92 Å². The Labute approximate surface area is 58.3 Å². The van der Waals surface area contributed by atoms with Gasteiger partial charge >= 0.3 is 0 Å². The highest BCUT2D eigenvalue weighted by Crippen LogP contribution is 2.17. The molecule has 0 fully saturated rings. The Bertz CT molecular complexity index is 200. The van der Waals surface area contributed by atoms with E-state index in [1.807, 2.05) is 0 Å². The van der Waals surface area contributed by atoms with E-state index < -0.39 is 5.82 Å². The first kappa shape index (κ1) is 6.56. The summed E-state index contributed by atoms with van der Waals surface area (Å²) in [6.07, 6.45) is 0.